The number of nitrogens with one attached hydrogen (secondary N) is 1. The van der Waals surface area contributed by atoms with Crippen molar-refractivity contribution in [1.29, 1.82) is 0 Å². The molecule has 0 unspecified atom stereocenters. The van der Waals surface area contributed by atoms with Crippen LogP contribution in [0, 0.1) is 13.8 Å². The van der Waals surface area contributed by atoms with E-state index in [1.807, 2.05) is 26.0 Å². The zero-order valence-electron chi connectivity index (χ0n) is 17.0. The van der Waals surface area contributed by atoms with Crippen LogP contribution in [0.15, 0.2) is 24.8 Å². The summed E-state index contributed by atoms with van der Waals surface area (Å²) in [7, 11) is 0. The van der Waals surface area contributed by atoms with Crippen molar-refractivity contribution < 1.29 is 19.1 Å². The molecule has 28 heavy (non-hydrogen) atoms. The van der Waals surface area contributed by atoms with Gasteiger partial charge < -0.3 is 14.8 Å². The van der Waals surface area contributed by atoms with Gasteiger partial charge in [0.05, 0.1) is 25.7 Å². The normalized spacial score (nSPS) is 21.8. The minimum Gasteiger partial charge on any atom is -0.464 e. The van der Waals surface area contributed by atoms with Crippen molar-refractivity contribution in [2.45, 2.75) is 64.5 Å². The molecule has 0 saturated heterocycles. The van der Waals surface area contributed by atoms with Crippen LogP contribution in [0.1, 0.15) is 49.3 Å². The summed E-state index contributed by atoms with van der Waals surface area (Å²) in [6.07, 6.45) is 4.35. The Balaban J connectivity index is 2.12. The van der Waals surface area contributed by atoms with Crippen LogP contribution in [0.2, 0.25) is 5.02 Å². The lowest BCUT2D eigenvalue weighted by molar-refractivity contribution is -0.156. The van der Waals surface area contributed by atoms with Crippen LogP contribution in [0.25, 0.3) is 0 Å². The summed E-state index contributed by atoms with van der Waals surface area (Å²) in [5.41, 5.74) is 1.87. The zero-order chi connectivity index (χ0) is 20.7. The van der Waals surface area contributed by atoms with E-state index in [-0.39, 0.29) is 31.0 Å². The molecule has 1 aromatic rings. The van der Waals surface area contributed by atoms with Crippen molar-refractivity contribution in [3.8, 4) is 0 Å². The number of ether oxygens (including phenoxy) is 2. The quantitative estimate of drug-likeness (QED) is 0.521. The number of hydrogen-bond acceptors (Lipinski definition) is 4. The molecule has 0 heterocycles. The molecular weight excluding hydrogens is 378 g/mol. The molecule has 1 aliphatic carbocycles. The number of halogens is 1. The van der Waals surface area contributed by atoms with Gasteiger partial charge in [-0.25, -0.2) is 4.79 Å². The number of benzene rings is 1. The summed E-state index contributed by atoms with van der Waals surface area (Å²) in [4.78, 5) is 25.5. The topological polar surface area (TPSA) is 64.6 Å². The van der Waals surface area contributed by atoms with Crippen LogP contribution in [0.3, 0.4) is 0 Å². The maximum Gasteiger partial charge on any atom is 0.331 e. The van der Waals surface area contributed by atoms with E-state index in [0.29, 0.717) is 37.3 Å². The van der Waals surface area contributed by atoms with Crippen LogP contribution >= 0.6 is 11.6 Å². The Bertz CT molecular complexity index is 700. The summed E-state index contributed by atoms with van der Waals surface area (Å²) in [5.74, 6) is -0.554. The third kappa shape index (κ3) is 5.58. The fraction of sp³-hybridized carbons (Fsp3) is 0.545. The van der Waals surface area contributed by atoms with E-state index in [1.165, 1.54) is 0 Å². The Hall–Kier alpha value is -1.85. The second-order valence-electron chi connectivity index (χ2n) is 7.37. The van der Waals surface area contributed by atoms with Crippen molar-refractivity contribution in [2.24, 2.45) is 0 Å². The Morgan fingerprint density at radius 3 is 2.43 bits per heavy atom. The van der Waals surface area contributed by atoms with Gasteiger partial charge in [-0.05, 0) is 75.3 Å². The molecule has 0 atom stereocenters. The molecule has 1 saturated carbocycles. The first-order valence-electron chi connectivity index (χ1n) is 9.77. The molecule has 1 aromatic carbocycles. The largest absolute Gasteiger partial charge is 0.464 e. The summed E-state index contributed by atoms with van der Waals surface area (Å²) < 4.78 is 11.0. The van der Waals surface area contributed by atoms with Crippen molar-refractivity contribution in [2.75, 3.05) is 13.2 Å². The van der Waals surface area contributed by atoms with Gasteiger partial charge in [0, 0.05) is 5.02 Å². The molecule has 2 rings (SSSR count). The van der Waals surface area contributed by atoms with Crippen molar-refractivity contribution in [1.82, 2.24) is 5.32 Å². The monoisotopic (exact) mass is 407 g/mol. The Morgan fingerprint density at radius 2 is 1.89 bits per heavy atom. The maximum atomic E-state index is 12.8. The average molecular weight is 408 g/mol. The van der Waals surface area contributed by atoms with Gasteiger partial charge in [0.2, 0.25) is 5.91 Å². The number of amides is 1. The lowest BCUT2D eigenvalue weighted by Crippen LogP contribution is -2.58. The van der Waals surface area contributed by atoms with Crippen LogP contribution in [0.5, 0.6) is 0 Å². The molecule has 6 heteroatoms. The standard InChI is InChI=1S/C22H30ClNO4/c1-5-11-28-18-7-9-22(10-8-18,21(26)27-6-2)24-20(25)14-19-15(3)12-17(23)13-16(19)4/h5,12-13,18H,1,6-11,14H2,2-4H3,(H,24,25). The van der Waals surface area contributed by atoms with Crippen LogP contribution in [-0.4, -0.2) is 36.7 Å². The second-order valence-corrected chi connectivity index (χ2v) is 7.80. The molecule has 1 fully saturated rings. The highest BCUT2D eigenvalue weighted by Crippen LogP contribution is 2.32. The fourth-order valence-electron chi connectivity index (χ4n) is 3.80. The predicted octanol–water partition coefficient (Wildman–Crippen LogP) is 4.06. The van der Waals surface area contributed by atoms with Gasteiger partial charge in [-0.1, -0.05) is 17.7 Å². The Morgan fingerprint density at radius 1 is 1.29 bits per heavy atom. The van der Waals surface area contributed by atoms with Gasteiger partial charge in [0.15, 0.2) is 0 Å². The summed E-state index contributed by atoms with van der Waals surface area (Å²) in [5, 5.41) is 3.64. The predicted molar refractivity (Wildman–Crippen MR) is 111 cm³/mol. The average Bonchev–Trinajstić information content (AvgIpc) is 2.64. The van der Waals surface area contributed by atoms with Crippen LogP contribution in [-0.2, 0) is 25.5 Å². The molecule has 0 radical (unpaired) electrons. The van der Waals surface area contributed by atoms with Crippen molar-refractivity contribution in [3.05, 3.63) is 46.5 Å². The van der Waals surface area contributed by atoms with Gasteiger partial charge in [0.25, 0.3) is 0 Å². The Kier molecular flexibility index (Phi) is 8.08. The highest BCUT2D eigenvalue weighted by molar-refractivity contribution is 6.30. The first kappa shape index (κ1) is 22.4. The fourth-order valence-corrected chi connectivity index (χ4v) is 4.12. The van der Waals surface area contributed by atoms with Gasteiger partial charge in [-0.2, -0.15) is 0 Å². The molecule has 0 bridgehead atoms. The van der Waals surface area contributed by atoms with Crippen LogP contribution < -0.4 is 5.32 Å². The first-order valence-corrected chi connectivity index (χ1v) is 10.2. The highest BCUT2D eigenvalue weighted by atomic mass is 35.5. The molecule has 5 nitrogen and oxygen atoms in total. The number of esters is 1. The molecule has 1 amide bonds. The highest BCUT2D eigenvalue weighted by Gasteiger charge is 2.44. The van der Waals surface area contributed by atoms with E-state index >= 15 is 0 Å². The number of carbonyl (C=O) groups is 2. The molecule has 0 aliphatic heterocycles. The second kappa shape index (κ2) is 10.1. The molecule has 1 aliphatic rings. The van der Waals surface area contributed by atoms with Crippen LogP contribution in [0.4, 0.5) is 0 Å². The molecule has 1 N–H and O–H groups in total. The number of rotatable bonds is 8. The third-order valence-electron chi connectivity index (χ3n) is 5.28. The minimum absolute atomic E-state index is 0.0678. The molecule has 154 valence electrons. The molecule has 0 aromatic heterocycles. The van der Waals surface area contributed by atoms with Gasteiger partial charge >= 0.3 is 5.97 Å². The zero-order valence-corrected chi connectivity index (χ0v) is 17.7. The van der Waals surface area contributed by atoms with Gasteiger partial charge in [-0.15, -0.1) is 6.58 Å². The summed E-state index contributed by atoms with van der Waals surface area (Å²) in [6, 6.07) is 3.70. The lowest BCUT2D eigenvalue weighted by atomic mass is 9.80. The van der Waals surface area contributed by atoms with Crippen molar-refractivity contribution >= 4 is 23.5 Å². The van der Waals surface area contributed by atoms with Crippen molar-refractivity contribution in [3.63, 3.8) is 0 Å². The Labute approximate surface area is 172 Å². The SMILES string of the molecule is C=CCOC1CCC(NC(=O)Cc2c(C)cc(Cl)cc2C)(C(=O)OCC)CC1. The first-order chi connectivity index (χ1) is 13.3. The van der Waals surface area contributed by atoms with E-state index in [1.54, 1.807) is 13.0 Å². The smallest absolute Gasteiger partial charge is 0.331 e. The van der Waals surface area contributed by atoms with E-state index in [9.17, 15) is 9.59 Å². The van der Waals surface area contributed by atoms with Gasteiger partial charge in [0.1, 0.15) is 5.54 Å². The van der Waals surface area contributed by atoms with E-state index in [4.69, 9.17) is 21.1 Å². The van der Waals surface area contributed by atoms with Gasteiger partial charge in [-0.3, -0.25) is 4.79 Å². The summed E-state index contributed by atoms with van der Waals surface area (Å²) >= 11 is 6.08. The third-order valence-corrected chi connectivity index (χ3v) is 5.50. The molecular formula is C22H30ClNO4. The summed E-state index contributed by atoms with van der Waals surface area (Å²) in [6.45, 7) is 10.1. The number of aryl methyl sites for hydroxylation is 2. The molecule has 0 spiro atoms. The van der Waals surface area contributed by atoms with E-state index in [0.717, 1.165) is 16.7 Å². The number of hydrogen-bond donors (Lipinski definition) is 1. The minimum atomic E-state index is -0.991. The lowest BCUT2D eigenvalue weighted by Gasteiger charge is -2.38. The number of carbonyl (C=O) groups excluding carboxylic acids is 2. The maximum absolute atomic E-state index is 12.8. The van der Waals surface area contributed by atoms with E-state index < -0.39 is 5.54 Å². The van der Waals surface area contributed by atoms with E-state index in [2.05, 4.69) is 11.9 Å².